The van der Waals surface area contributed by atoms with Gasteiger partial charge in [-0.05, 0) is 81.4 Å². The summed E-state index contributed by atoms with van der Waals surface area (Å²) in [7, 11) is 0. The van der Waals surface area contributed by atoms with Crippen molar-refractivity contribution in [2.75, 3.05) is 17.2 Å². The first-order chi connectivity index (χ1) is 23.8. The number of carbonyl (C=O) groups excluding carboxylic acids is 4. The van der Waals surface area contributed by atoms with Crippen LogP contribution in [0.25, 0.3) is 22.3 Å². The molecule has 1 saturated heterocycles. The molecule has 0 radical (unpaired) electrons. The van der Waals surface area contributed by atoms with Crippen molar-refractivity contribution in [1.29, 1.82) is 10.5 Å². The molecule has 3 aromatic carbocycles. The Hall–Kier alpha value is -6.08. The lowest BCUT2D eigenvalue weighted by atomic mass is 9.99. The number of anilines is 2. The van der Waals surface area contributed by atoms with Crippen molar-refractivity contribution in [3.63, 3.8) is 0 Å². The van der Waals surface area contributed by atoms with E-state index in [0.29, 0.717) is 16.7 Å². The molecule has 1 unspecified atom stereocenters. The minimum Gasteiger partial charge on any atom is -0.454 e. The zero-order valence-electron chi connectivity index (χ0n) is 25.5. The molecule has 49 heavy (non-hydrogen) atoms. The Labute approximate surface area is 288 Å². The van der Waals surface area contributed by atoms with E-state index in [-0.39, 0.29) is 45.4 Å². The molecule has 1 fully saturated rings. The van der Waals surface area contributed by atoms with Crippen LogP contribution in [-0.2, 0) is 20.7 Å². The van der Waals surface area contributed by atoms with E-state index >= 15 is 0 Å². The predicted molar refractivity (Wildman–Crippen MR) is 184 cm³/mol. The Morgan fingerprint density at radius 2 is 1.69 bits per heavy atom. The molecule has 1 aliphatic heterocycles. The number of thiophene rings is 1. The van der Waals surface area contributed by atoms with Gasteiger partial charge in [0.2, 0.25) is 11.8 Å². The van der Waals surface area contributed by atoms with Crippen LogP contribution in [0.2, 0.25) is 0 Å². The van der Waals surface area contributed by atoms with E-state index in [1.54, 1.807) is 22.9 Å². The van der Waals surface area contributed by atoms with Crippen LogP contribution in [0, 0.1) is 22.7 Å². The standard InChI is InChI=1S/C37H23N5O5S2/c38-16-28-33(23-11-12-48-19-23)29(17-39)35(41-34(28)40)49-31-15-32(44)42(36(31)45)25-8-5-20(6-9-25)37(46)47-18-30(43)22-7-10-27-24(14-22)13-21-3-1-2-4-26(21)27/h1-12,14,19,31H,13,15,18H2,(H2,40,41). The van der Waals surface area contributed by atoms with Crippen LogP contribution in [0.1, 0.15) is 49.4 Å². The molecule has 0 saturated carbocycles. The first-order valence-corrected chi connectivity index (χ1v) is 16.8. The van der Waals surface area contributed by atoms with E-state index in [1.807, 2.05) is 30.3 Å². The number of Topliss-reactive ketones (excluding diaryl/α,β-unsaturated/α-hetero) is 1. The molecular formula is C37H23N5O5S2. The number of ketones is 1. The second kappa shape index (κ2) is 12.8. The van der Waals surface area contributed by atoms with E-state index in [0.717, 1.165) is 39.8 Å². The van der Waals surface area contributed by atoms with Gasteiger partial charge in [-0.15, -0.1) is 0 Å². The number of fused-ring (bicyclic) bond motifs is 3. The van der Waals surface area contributed by atoms with Gasteiger partial charge < -0.3 is 10.5 Å². The van der Waals surface area contributed by atoms with Crippen molar-refractivity contribution in [2.45, 2.75) is 23.1 Å². The lowest BCUT2D eigenvalue weighted by Gasteiger charge is -2.16. The van der Waals surface area contributed by atoms with Gasteiger partial charge in [0.25, 0.3) is 0 Å². The second-order valence-electron chi connectivity index (χ2n) is 11.3. The number of nitrogens with two attached hydrogens (primary N) is 1. The quantitative estimate of drug-likeness (QED) is 0.111. The highest BCUT2D eigenvalue weighted by atomic mass is 32.2. The van der Waals surface area contributed by atoms with Crippen LogP contribution in [0.4, 0.5) is 11.5 Å². The largest absolute Gasteiger partial charge is 0.454 e. The molecule has 2 aromatic heterocycles. The van der Waals surface area contributed by atoms with Gasteiger partial charge in [0.15, 0.2) is 12.4 Å². The van der Waals surface area contributed by atoms with E-state index in [2.05, 4.69) is 23.2 Å². The minimum absolute atomic E-state index is 0.0623. The number of benzene rings is 3. The minimum atomic E-state index is -0.904. The van der Waals surface area contributed by atoms with Gasteiger partial charge in [-0.25, -0.2) is 14.7 Å². The van der Waals surface area contributed by atoms with Gasteiger partial charge in [-0.2, -0.15) is 21.9 Å². The van der Waals surface area contributed by atoms with Gasteiger partial charge in [0, 0.05) is 17.5 Å². The summed E-state index contributed by atoms with van der Waals surface area (Å²) in [6.45, 7) is -0.443. The summed E-state index contributed by atoms with van der Waals surface area (Å²) >= 11 is 2.33. The third-order valence-corrected chi connectivity index (χ3v) is 10.3. The van der Waals surface area contributed by atoms with Crippen LogP contribution in [0.5, 0.6) is 0 Å². The Kier molecular flexibility index (Phi) is 8.26. The van der Waals surface area contributed by atoms with Gasteiger partial charge in [0.1, 0.15) is 28.5 Å². The first kappa shape index (κ1) is 31.5. The van der Waals surface area contributed by atoms with Crippen molar-refractivity contribution in [2.24, 2.45) is 0 Å². The monoisotopic (exact) mass is 681 g/mol. The smallest absolute Gasteiger partial charge is 0.338 e. The van der Waals surface area contributed by atoms with Crippen molar-refractivity contribution in [3.8, 4) is 34.4 Å². The maximum absolute atomic E-state index is 13.5. The van der Waals surface area contributed by atoms with Crippen LogP contribution < -0.4 is 10.6 Å². The van der Waals surface area contributed by atoms with Gasteiger partial charge in [-0.3, -0.25) is 14.4 Å². The van der Waals surface area contributed by atoms with Gasteiger partial charge in [0.05, 0.1) is 22.1 Å². The number of rotatable bonds is 8. The highest BCUT2D eigenvalue weighted by molar-refractivity contribution is 8.00. The normalized spacial score (nSPS) is 14.6. The molecule has 7 rings (SSSR count). The number of nitriles is 2. The zero-order valence-corrected chi connectivity index (χ0v) is 27.1. The Morgan fingerprint density at radius 1 is 0.959 bits per heavy atom. The third-order valence-electron chi connectivity index (χ3n) is 8.40. The summed E-state index contributed by atoms with van der Waals surface area (Å²) < 4.78 is 5.30. The number of hydrogen-bond acceptors (Lipinski definition) is 11. The highest BCUT2D eigenvalue weighted by Crippen LogP contribution is 2.41. The fourth-order valence-corrected chi connectivity index (χ4v) is 7.81. The lowest BCUT2D eigenvalue weighted by molar-refractivity contribution is -0.121. The third kappa shape index (κ3) is 5.74. The van der Waals surface area contributed by atoms with E-state index in [9.17, 15) is 29.7 Å². The van der Waals surface area contributed by atoms with Gasteiger partial charge in [-0.1, -0.05) is 48.2 Å². The number of nitrogens with zero attached hydrogens (tertiary/aromatic N) is 4. The van der Waals surface area contributed by atoms with E-state index in [1.165, 1.54) is 41.2 Å². The van der Waals surface area contributed by atoms with Crippen molar-refractivity contribution in [1.82, 2.24) is 4.98 Å². The van der Waals surface area contributed by atoms with Crippen LogP contribution >= 0.6 is 23.1 Å². The molecule has 12 heteroatoms. The SMILES string of the molecule is N#Cc1c(N)nc(SC2CC(=O)N(c3ccc(C(=O)OCC(=O)c4ccc5c(c4)Cc4ccccc4-5)cc3)C2=O)c(C#N)c1-c1ccsc1. The molecule has 10 nitrogen and oxygen atoms in total. The number of ether oxygens (including phenoxy) is 1. The number of hydrogen-bond donors (Lipinski definition) is 1. The molecule has 3 heterocycles. The van der Waals surface area contributed by atoms with Crippen molar-refractivity contribution < 1.29 is 23.9 Å². The molecule has 5 aromatic rings. The first-order valence-electron chi connectivity index (χ1n) is 15.0. The predicted octanol–water partition coefficient (Wildman–Crippen LogP) is 6.17. The number of nitrogen functional groups attached to an aromatic ring is 1. The number of imide groups is 1. The number of thioether (sulfide) groups is 1. The topological polar surface area (TPSA) is 167 Å². The van der Waals surface area contributed by atoms with Crippen LogP contribution in [0.15, 0.2) is 88.6 Å². The van der Waals surface area contributed by atoms with Crippen LogP contribution in [0.3, 0.4) is 0 Å². The molecule has 0 spiro atoms. The summed E-state index contributed by atoms with van der Waals surface area (Å²) in [5.74, 6) is -2.14. The molecule has 2 N–H and O–H groups in total. The molecule has 1 atom stereocenters. The summed E-state index contributed by atoms with van der Waals surface area (Å²) in [6, 6.07) is 25.2. The molecule has 1 aliphatic carbocycles. The average Bonchev–Trinajstić information content (AvgIpc) is 3.84. The molecule has 2 aliphatic rings. The summed E-state index contributed by atoms with van der Waals surface area (Å²) in [5.41, 5.74) is 12.5. The summed E-state index contributed by atoms with van der Waals surface area (Å²) in [5, 5.41) is 22.6. The number of esters is 1. The van der Waals surface area contributed by atoms with E-state index < -0.39 is 29.6 Å². The highest BCUT2D eigenvalue weighted by Gasteiger charge is 2.41. The summed E-state index contributed by atoms with van der Waals surface area (Å²) in [4.78, 5) is 57.4. The number of carbonyl (C=O) groups is 4. The maximum Gasteiger partial charge on any atom is 0.338 e. The molecular weight excluding hydrogens is 659 g/mol. The van der Waals surface area contributed by atoms with Gasteiger partial charge >= 0.3 is 5.97 Å². The number of pyridine rings is 1. The fraction of sp³-hybridized carbons (Fsp3) is 0.108. The average molecular weight is 682 g/mol. The van der Waals surface area contributed by atoms with Crippen molar-refractivity contribution >= 4 is 58.2 Å². The van der Waals surface area contributed by atoms with Crippen molar-refractivity contribution in [3.05, 3.63) is 117 Å². The second-order valence-corrected chi connectivity index (χ2v) is 13.3. The number of amides is 2. The molecule has 2 amide bonds. The Morgan fingerprint density at radius 3 is 2.43 bits per heavy atom. The van der Waals surface area contributed by atoms with E-state index in [4.69, 9.17) is 10.5 Å². The zero-order chi connectivity index (χ0) is 34.2. The summed E-state index contributed by atoms with van der Waals surface area (Å²) in [6.07, 6.45) is 0.572. The number of aromatic nitrogens is 1. The maximum atomic E-state index is 13.5. The Balaban J connectivity index is 1.02. The molecule has 238 valence electrons. The van der Waals surface area contributed by atoms with Crippen LogP contribution in [-0.4, -0.2) is 40.4 Å². The molecule has 0 bridgehead atoms. The Bertz CT molecular complexity index is 2290. The fourth-order valence-electron chi connectivity index (χ4n) is 6.04. The lowest BCUT2D eigenvalue weighted by Crippen LogP contribution is -2.31.